The first-order chi connectivity index (χ1) is 70.3. The van der Waals surface area contributed by atoms with Gasteiger partial charge in [-0.3, -0.25) is 0 Å². The summed E-state index contributed by atoms with van der Waals surface area (Å²) in [4.78, 5) is 38.4. The van der Waals surface area contributed by atoms with E-state index in [1.165, 1.54) is 55.0 Å². The van der Waals surface area contributed by atoms with Crippen molar-refractivity contribution in [2.45, 2.75) is 57.5 Å². The van der Waals surface area contributed by atoms with Gasteiger partial charge in [-0.15, -0.1) is 0 Å². The zero-order valence-electron chi connectivity index (χ0n) is 77.5. The molecule has 758 valence electrons. The molecule has 0 atom stereocenters. The predicted molar refractivity (Wildman–Crippen MR) is 537 cm³/mol. The Hall–Kier alpha value is -15.8. The van der Waals surface area contributed by atoms with Crippen LogP contribution in [0.5, 0.6) is 28.7 Å². The van der Waals surface area contributed by atoms with Crippen molar-refractivity contribution in [1.29, 1.82) is 0 Å². The van der Waals surface area contributed by atoms with Crippen molar-refractivity contribution in [1.82, 2.24) is 49.8 Å². The molecular formula is C105H77Cl2F11N10O15S5. The molecule has 148 heavy (non-hydrogen) atoms. The van der Waals surface area contributed by atoms with E-state index in [0.29, 0.717) is 135 Å². The van der Waals surface area contributed by atoms with E-state index in [0.717, 1.165) is 70.7 Å². The summed E-state index contributed by atoms with van der Waals surface area (Å²) in [6.45, 7) is -0.347. The fourth-order valence-electron chi connectivity index (χ4n) is 15.4. The number of fused-ring (bicyclic) bond motifs is 5. The fraction of sp³-hybridized carbons (Fsp3) is 0.0952. The first-order valence-electron chi connectivity index (χ1n) is 43.7. The summed E-state index contributed by atoms with van der Waals surface area (Å²) in [6, 6.07) is 72.9. The molecule has 5 N–H and O–H groups in total. The van der Waals surface area contributed by atoms with E-state index in [4.69, 9.17) is 46.9 Å². The topological polar surface area (TPSA) is 360 Å². The highest BCUT2D eigenvalue weighted by atomic mass is 35.5. The van der Waals surface area contributed by atoms with Gasteiger partial charge in [-0.1, -0.05) is 145 Å². The minimum absolute atomic E-state index is 0.0127. The van der Waals surface area contributed by atoms with Crippen LogP contribution < -0.4 is 23.7 Å². The maximum atomic E-state index is 13.8. The van der Waals surface area contributed by atoms with Crippen molar-refractivity contribution >= 4 is 128 Å². The monoisotopic (exact) mass is 2160 g/mol. The van der Waals surface area contributed by atoms with E-state index in [9.17, 15) is 90.4 Å². The van der Waals surface area contributed by atoms with Crippen molar-refractivity contribution in [3.05, 3.63) is 388 Å². The second kappa shape index (κ2) is 43.9. The molecule has 0 fully saturated rings. The Labute approximate surface area is 847 Å². The van der Waals surface area contributed by atoms with Crippen molar-refractivity contribution in [2.75, 3.05) is 31.3 Å². The Bertz CT molecular complexity index is 8990. The number of hydrogen-bond donors (Lipinski definition) is 5. The molecule has 20 rings (SSSR count). The number of nitrogens with zero attached hydrogens (tertiary/aromatic N) is 5. The quantitative estimate of drug-likeness (QED) is 0.0201. The van der Waals surface area contributed by atoms with Crippen LogP contribution in [0.2, 0.25) is 10.0 Å². The van der Waals surface area contributed by atoms with Gasteiger partial charge in [0.15, 0.2) is 119 Å². The van der Waals surface area contributed by atoms with Crippen molar-refractivity contribution in [3.8, 4) is 84.4 Å². The summed E-state index contributed by atoms with van der Waals surface area (Å²) in [5, 5.41) is 0.279. The molecule has 20 aromatic rings. The van der Waals surface area contributed by atoms with Crippen molar-refractivity contribution in [3.63, 3.8) is 0 Å². The number of ether oxygens (including phenoxy) is 5. The third-order valence-electron chi connectivity index (χ3n) is 22.2. The Kier molecular flexibility index (Phi) is 31.1. The van der Waals surface area contributed by atoms with Crippen LogP contribution in [0, 0.1) is 64.0 Å². The summed E-state index contributed by atoms with van der Waals surface area (Å²) in [7, 11) is -17.0. The smallest absolute Gasteiger partial charge is 0.203 e. The highest BCUT2D eigenvalue weighted by molar-refractivity contribution is 7.92. The van der Waals surface area contributed by atoms with E-state index >= 15 is 0 Å². The number of imidazole rings is 5. The van der Waals surface area contributed by atoms with Crippen LogP contribution in [0.15, 0.2) is 310 Å². The molecule has 0 amide bonds. The first kappa shape index (κ1) is 105. The molecule has 43 heteroatoms. The Morgan fingerprint density at radius 2 is 0.520 bits per heavy atom. The molecule has 0 aliphatic rings. The maximum Gasteiger partial charge on any atom is 0.203 e. The Balaban J connectivity index is 0.000000132. The molecule has 0 spiro atoms. The third-order valence-corrected chi connectivity index (χ3v) is 28.5. The lowest BCUT2D eigenvalue weighted by Gasteiger charge is -2.08. The van der Waals surface area contributed by atoms with Gasteiger partial charge in [-0.2, -0.15) is 4.39 Å². The number of H-pyrrole nitrogens is 5. The molecule has 0 saturated carbocycles. The van der Waals surface area contributed by atoms with Gasteiger partial charge in [0.05, 0.1) is 84.7 Å². The number of benzene rings is 15. The number of rotatable bonds is 25. The Morgan fingerprint density at radius 1 is 0.236 bits per heavy atom. The van der Waals surface area contributed by atoms with E-state index in [1.807, 2.05) is 30.3 Å². The zero-order chi connectivity index (χ0) is 106. The molecule has 5 aromatic heterocycles. The second-order valence-electron chi connectivity index (χ2n) is 33.1. The average Bonchev–Trinajstić information content (AvgIpc) is 1.63. The zero-order valence-corrected chi connectivity index (χ0v) is 83.1. The summed E-state index contributed by atoms with van der Waals surface area (Å²) in [5.41, 5.74) is 13.0. The van der Waals surface area contributed by atoms with Crippen LogP contribution >= 0.6 is 23.2 Å². The Morgan fingerprint density at radius 3 is 0.845 bits per heavy atom. The van der Waals surface area contributed by atoms with Crippen molar-refractivity contribution in [2.24, 2.45) is 0 Å². The predicted octanol–water partition coefficient (Wildman–Crippen LogP) is 23.9. The van der Waals surface area contributed by atoms with Gasteiger partial charge < -0.3 is 48.6 Å². The number of aromatic amines is 5. The molecule has 25 nitrogen and oxygen atoms in total. The molecule has 5 heterocycles. The van der Waals surface area contributed by atoms with Gasteiger partial charge in [-0.05, 0) is 161 Å². The van der Waals surface area contributed by atoms with E-state index in [2.05, 4.69) is 49.8 Å². The number of nitrogens with one attached hydrogen (secondary N) is 5. The lowest BCUT2D eigenvalue weighted by molar-refractivity contribution is 0.274. The van der Waals surface area contributed by atoms with Gasteiger partial charge in [0.1, 0.15) is 79.5 Å². The molecule has 0 aliphatic heterocycles. The van der Waals surface area contributed by atoms with Crippen molar-refractivity contribution < 1.29 is 114 Å². The summed E-state index contributed by atoms with van der Waals surface area (Å²) < 4.78 is 294. The average molecular weight is 2160 g/mol. The summed E-state index contributed by atoms with van der Waals surface area (Å²) in [6.07, 6.45) is 5.82. The van der Waals surface area contributed by atoms with Gasteiger partial charge in [-0.25, -0.2) is 111 Å². The number of sulfone groups is 5. The molecule has 0 bridgehead atoms. The molecule has 0 radical (unpaired) electrons. The van der Waals surface area contributed by atoms with E-state index in [-0.39, 0.29) is 74.0 Å². The molecule has 0 saturated heterocycles. The molecule has 0 aliphatic carbocycles. The van der Waals surface area contributed by atoms with Gasteiger partial charge in [0.25, 0.3) is 0 Å². The minimum atomic E-state index is -3.42. The van der Waals surface area contributed by atoms with Crippen LogP contribution in [0.4, 0.5) is 48.3 Å². The van der Waals surface area contributed by atoms with Crippen LogP contribution in [-0.4, -0.2) is 123 Å². The van der Waals surface area contributed by atoms with Crippen LogP contribution in [0.3, 0.4) is 0 Å². The maximum absolute atomic E-state index is 13.8. The van der Waals surface area contributed by atoms with Crippen LogP contribution in [0.1, 0.15) is 29.1 Å². The highest BCUT2D eigenvalue weighted by Gasteiger charge is 2.25. The number of aromatic nitrogens is 10. The minimum Gasteiger partial charge on any atom is -0.486 e. The highest BCUT2D eigenvalue weighted by Crippen LogP contribution is 2.39. The van der Waals surface area contributed by atoms with Crippen LogP contribution in [-0.2, 0) is 82.2 Å². The second-order valence-corrected chi connectivity index (χ2v) is 43.8. The number of halogens is 13. The first-order valence-corrected chi connectivity index (χ1v) is 53.9. The number of hydrogen-bond acceptors (Lipinski definition) is 20. The molecular weight excluding hydrogens is 2080 g/mol. The normalized spacial score (nSPS) is 11.7. The third kappa shape index (κ3) is 25.1. The lowest BCUT2D eigenvalue weighted by atomic mass is 10.1. The fourth-order valence-corrected chi connectivity index (χ4v) is 20.3. The van der Waals surface area contributed by atoms with E-state index < -0.39 is 125 Å². The molecule has 0 unspecified atom stereocenters. The van der Waals surface area contributed by atoms with E-state index in [1.54, 1.807) is 176 Å². The van der Waals surface area contributed by atoms with Gasteiger partial charge in [0, 0.05) is 94.5 Å². The summed E-state index contributed by atoms with van der Waals surface area (Å²) >= 11 is 11.5. The molecule has 15 aromatic carbocycles. The van der Waals surface area contributed by atoms with Gasteiger partial charge in [0.2, 0.25) is 5.82 Å². The van der Waals surface area contributed by atoms with Crippen LogP contribution in [0.25, 0.3) is 111 Å². The largest absolute Gasteiger partial charge is 0.486 e. The SMILES string of the molecule is CS(=O)(=O)c1ccccc1-c1ccc2nc(COc3cc(F)c(F)c(F)c3)[nH]c2c1.CS(=O)(=O)c1ccccc1-c1ccc2nc(COc3cc(F)c(F)cc3F)[nH]c2c1.CS(=O)(=O)c1ccccc1-c1ccc2nc(COc3ccc(Cl)cc3F)[nH]c2c1.CS(=O)(=O)c1ccccc1-c1ccc2nc(COc3ccc(F)c(Cl)c3)[nH]c2c1.CS(=O)(=O)c1ccccc1-c1ccc2nc(COc3ccc(F)c(F)c3F)[nH]c2c1. The summed E-state index contributed by atoms with van der Waals surface area (Å²) in [5.74, 6) is -11.5. The standard InChI is InChI=1S/2C21H16ClFN2O3S.3C21H15F3N2O3S/c1-29(26,27)20-5-3-2-4-15(20)13-6-9-18-19(10-13)25-21(24-18)12-28-14-7-8-17(23)16(22)11-14;1-29(26,27)20-5-3-2-4-15(20)13-6-8-17-18(10-13)25-21(24-17)12-28-19-9-7-14(22)11-16(19)23;1-30(27,28)18-5-3-2-4-13(18)12-6-8-15-16(10-12)26-19(25-15)11-29-17-9-7-14(22)20(23)21(17)24;1-30(27,28)19-5-3-2-4-14(19)12-6-7-17-18(8-12)26-20(25-17)11-29-13-9-15(22)21(24)16(23)10-13;1-30(27,28)20-5-3-2-4-13(20)12-6-7-17-18(8-12)26-21(25-17)11-29-19-10-15(23)14(22)9-16(19)24/h2*2-11H,12H2,1H3,(H,24,25);3*2-10H,11H2,1H3,(H,25,26). The lowest BCUT2D eigenvalue weighted by Crippen LogP contribution is -2.01. The van der Waals surface area contributed by atoms with Gasteiger partial charge >= 0.3 is 0 Å².